The highest BCUT2D eigenvalue weighted by atomic mass is 35.5. The fourth-order valence-corrected chi connectivity index (χ4v) is 13.8. The van der Waals surface area contributed by atoms with Crippen LogP contribution in [0.15, 0.2) is 59.6 Å². The van der Waals surface area contributed by atoms with Crippen molar-refractivity contribution in [3.63, 3.8) is 0 Å². The van der Waals surface area contributed by atoms with Gasteiger partial charge >= 0.3 is 17.9 Å². The number of aliphatic hydroxyl groups excluding tert-OH is 6. The number of aromatic hydroxyl groups is 1. The van der Waals surface area contributed by atoms with Crippen molar-refractivity contribution in [1.29, 1.82) is 0 Å². The number of esters is 3. The zero-order chi connectivity index (χ0) is 56.0. The Bertz CT molecular complexity index is 2580. The van der Waals surface area contributed by atoms with E-state index >= 15 is 4.79 Å². The van der Waals surface area contributed by atoms with Crippen LogP contribution in [0.3, 0.4) is 0 Å². The maximum atomic E-state index is 15.3. The highest BCUT2D eigenvalue weighted by molar-refractivity contribution is 6.32. The maximum Gasteiger partial charge on any atom is 0.379 e. The van der Waals surface area contributed by atoms with Gasteiger partial charge in [-0.05, 0) is 121 Å². The fraction of sp³-hybridized carbons (Fsp3) is 0.679. The minimum atomic E-state index is -2.06. The summed E-state index contributed by atoms with van der Waals surface area (Å²) in [6.07, 6.45) is -6.96. The van der Waals surface area contributed by atoms with Crippen LogP contribution in [0.4, 0.5) is 0 Å². The molecule has 76 heavy (non-hydrogen) atoms. The molecule has 1 aromatic carbocycles. The standard InChI is InChI=1S/C56H75ClO19/c1-23-13-12-18-53(9)21-26(4)31(20-36(60)55(11,69)30(8)58)22-56(53)47(65)46(49(67)76-56)75-52(68)54(10)33(23)15-14-32-38(54)24(2)19-25(3)43(32)73-51-42(64)45(39(61)28(6)70-51)74-50-41(63)40(62)44(29(7)71-50)72-48(66)37-27(5)34(57)16-17-35(37)59/h12-17,21,23-25,28-29,31-33,36,38-45,50-51,59-65,69H,18-20,22H2,1-11H3. The smallest absolute Gasteiger partial charge is 0.379 e. The lowest BCUT2D eigenvalue weighted by Crippen LogP contribution is -2.64. The summed E-state index contributed by atoms with van der Waals surface area (Å²) in [7, 11) is 0. The van der Waals surface area contributed by atoms with Gasteiger partial charge in [0, 0.05) is 22.8 Å². The molecule has 20 heteroatoms. The summed E-state index contributed by atoms with van der Waals surface area (Å²) >= 11 is 6.17. The second-order valence-electron chi connectivity index (χ2n) is 23.4. The van der Waals surface area contributed by atoms with Crippen LogP contribution in [-0.4, -0.2) is 149 Å². The van der Waals surface area contributed by atoms with Crippen LogP contribution in [0, 0.1) is 59.2 Å². The number of phenolic OH excluding ortho intramolecular Hbond substituents is 1. The van der Waals surface area contributed by atoms with Gasteiger partial charge in [-0.2, -0.15) is 0 Å². The molecule has 23 atom stereocenters. The predicted molar refractivity (Wildman–Crippen MR) is 270 cm³/mol. The van der Waals surface area contributed by atoms with Crippen LogP contribution in [0.5, 0.6) is 5.75 Å². The van der Waals surface area contributed by atoms with Gasteiger partial charge in [0.25, 0.3) is 5.76 Å². The number of aliphatic hydroxyl groups is 7. The molecular formula is C56H75ClO19. The number of allylic oxidation sites excluding steroid dienone is 4. The second kappa shape index (κ2) is 21.1. The van der Waals surface area contributed by atoms with E-state index in [1.54, 1.807) is 6.92 Å². The molecule has 8 rings (SSSR count). The lowest BCUT2D eigenvalue weighted by Gasteiger charge is -2.56. The highest BCUT2D eigenvalue weighted by Crippen LogP contribution is 2.60. The largest absolute Gasteiger partial charge is 0.507 e. The lowest BCUT2D eigenvalue weighted by atomic mass is 9.49. The molecule has 1 saturated carbocycles. The van der Waals surface area contributed by atoms with E-state index in [2.05, 4.69) is 0 Å². The molecule has 23 unspecified atom stereocenters. The number of ketones is 1. The third-order valence-corrected chi connectivity index (χ3v) is 18.8. The van der Waals surface area contributed by atoms with Gasteiger partial charge in [-0.15, -0.1) is 0 Å². The molecule has 8 N–H and O–H groups in total. The third-order valence-electron chi connectivity index (χ3n) is 18.4. The van der Waals surface area contributed by atoms with Crippen molar-refractivity contribution < 1.29 is 93.2 Å². The Morgan fingerprint density at radius 1 is 0.868 bits per heavy atom. The van der Waals surface area contributed by atoms with Gasteiger partial charge in [-0.1, -0.05) is 75.2 Å². The quantitative estimate of drug-likeness (QED) is 0.0873. The number of phenols is 1. The van der Waals surface area contributed by atoms with E-state index in [-0.39, 0.29) is 53.2 Å². The number of Topliss-reactive ketones (excluding diaryl/α,β-unsaturated/α-hetero) is 1. The van der Waals surface area contributed by atoms with Crippen molar-refractivity contribution in [2.24, 2.45) is 52.3 Å². The Balaban J connectivity index is 1.04. The molecular weight excluding hydrogens is 1010 g/mol. The van der Waals surface area contributed by atoms with Crippen LogP contribution in [-0.2, 0) is 47.5 Å². The normalized spacial score (nSPS) is 43.6. The van der Waals surface area contributed by atoms with Gasteiger partial charge in [0.2, 0.25) is 0 Å². The Labute approximate surface area is 447 Å². The van der Waals surface area contributed by atoms with E-state index in [1.165, 1.54) is 46.8 Å². The van der Waals surface area contributed by atoms with Crippen molar-refractivity contribution >= 4 is 35.3 Å². The van der Waals surface area contributed by atoms with Crippen molar-refractivity contribution in [1.82, 2.24) is 0 Å². The molecule has 3 aliphatic carbocycles. The first kappa shape index (κ1) is 57.9. The zero-order valence-corrected chi connectivity index (χ0v) is 45.5. The first-order valence-corrected chi connectivity index (χ1v) is 26.7. The number of fused-ring (bicyclic) bond motifs is 3. The average Bonchev–Trinajstić information content (AvgIpc) is 3.58. The first-order chi connectivity index (χ1) is 35.4. The molecule has 2 saturated heterocycles. The molecule has 420 valence electrons. The van der Waals surface area contributed by atoms with Gasteiger partial charge < -0.3 is 74.0 Å². The summed E-state index contributed by atoms with van der Waals surface area (Å²) < 4.78 is 42.8. The van der Waals surface area contributed by atoms with Gasteiger partial charge in [0.05, 0.1) is 29.8 Å². The molecule has 4 heterocycles. The Kier molecular flexibility index (Phi) is 16.1. The molecule has 0 radical (unpaired) electrons. The topological polar surface area (TPSA) is 295 Å². The summed E-state index contributed by atoms with van der Waals surface area (Å²) in [5.74, 6) is -7.96. The van der Waals surface area contributed by atoms with Crippen LogP contribution in [0.1, 0.15) is 111 Å². The van der Waals surface area contributed by atoms with Gasteiger partial charge in [0.15, 0.2) is 35.8 Å². The molecule has 7 aliphatic rings. The number of carbonyl (C=O) groups excluding carboxylic acids is 4. The Morgan fingerprint density at radius 3 is 2.18 bits per heavy atom. The number of halogens is 1. The van der Waals surface area contributed by atoms with Crippen LogP contribution < -0.4 is 0 Å². The Hall–Kier alpha value is -4.25. The molecule has 1 aromatic rings. The summed E-state index contributed by atoms with van der Waals surface area (Å²) in [6.45, 7) is 18.4. The SMILES string of the molecule is CC(=O)C(C)(O)C(O)CC1CC23OC(=O)C(=C2O)OC(=O)C2(C)C(C=CC4C(OC5OC(C)C(O)C(OC6OC(C)C(OC(=O)c7c(O)ccc(Cl)c7C)C(O)C6O)C5O)C(C)CC(C)C42)C(C)C=CCC3(C)C=C1C. The highest BCUT2D eigenvalue weighted by Gasteiger charge is 2.65. The van der Waals surface area contributed by atoms with Crippen molar-refractivity contribution in [2.45, 2.75) is 187 Å². The molecule has 4 aliphatic heterocycles. The van der Waals surface area contributed by atoms with Crippen molar-refractivity contribution in [3.8, 4) is 5.75 Å². The summed E-state index contributed by atoms with van der Waals surface area (Å²) in [4.78, 5) is 55.0. The minimum absolute atomic E-state index is 0.0538. The van der Waals surface area contributed by atoms with Crippen LogP contribution in [0.2, 0.25) is 5.02 Å². The average molecular weight is 1090 g/mol. The van der Waals surface area contributed by atoms with Gasteiger partial charge in [0.1, 0.15) is 47.4 Å². The van der Waals surface area contributed by atoms with Crippen molar-refractivity contribution in [3.05, 3.63) is 75.8 Å². The number of ether oxygens (including phenoxy) is 7. The van der Waals surface area contributed by atoms with E-state index in [4.69, 9.17) is 44.8 Å². The van der Waals surface area contributed by atoms with E-state index in [0.717, 1.165) is 5.57 Å². The molecule has 3 fully saturated rings. The number of benzene rings is 1. The van der Waals surface area contributed by atoms with E-state index in [1.807, 2.05) is 65.0 Å². The maximum absolute atomic E-state index is 15.3. The van der Waals surface area contributed by atoms with Crippen LogP contribution in [0.25, 0.3) is 0 Å². The molecule has 2 bridgehead atoms. The number of hydrogen-bond acceptors (Lipinski definition) is 19. The monoisotopic (exact) mass is 1090 g/mol. The summed E-state index contributed by atoms with van der Waals surface area (Å²) in [5.41, 5.74) is -5.51. The number of hydrogen-bond donors (Lipinski definition) is 8. The van der Waals surface area contributed by atoms with E-state index < -0.39 is 160 Å². The van der Waals surface area contributed by atoms with Gasteiger partial charge in [-0.3, -0.25) is 9.59 Å². The van der Waals surface area contributed by atoms with Crippen LogP contribution >= 0.6 is 11.6 Å². The zero-order valence-electron chi connectivity index (χ0n) is 44.8. The molecule has 19 nitrogen and oxygen atoms in total. The van der Waals surface area contributed by atoms with E-state index in [9.17, 15) is 55.2 Å². The molecule has 0 aromatic heterocycles. The fourth-order valence-electron chi connectivity index (χ4n) is 13.6. The summed E-state index contributed by atoms with van der Waals surface area (Å²) in [6, 6.07) is 2.62. The summed E-state index contributed by atoms with van der Waals surface area (Å²) in [5, 5.41) is 90.8. The van der Waals surface area contributed by atoms with Crippen molar-refractivity contribution in [2.75, 3.05) is 0 Å². The van der Waals surface area contributed by atoms with E-state index in [0.29, 0.717) is 6.42 Å². The first-order valence-electron chi connectivity index (χ1n) is 26.3. The molecule has 0 amide bonds. The lowest BCUT2D eigenvalue weighted by molar-refractivity contribution is -0.361. The minimum Gasteiger partial charge on any atom is -0.507 e. The van der Waals surface area contributed by atoms with Gasteiger partial charge in [-0.25, -0.2) is 9.59 Å². The molecule has 1 spiro atoms. The second-order valence-corrected chi connectivity index (χ2v) is 23.9. The predicted octanol–water partition coefficient (Wildman–Crippen LogP) is 4.95. The third kappa shape index (κ3) is 9.66. The number of rotatable bonds is 10. The number of carbonyl (C=O) groups is 4. The Morgan fingerprint density at radius 2 is 1.51 bits per heavy atom.